The van der Waals surface area contributed by atoms with E-state index in [1.165, 1.54) is 0 Å². The fraction of sp³-hybridized carbons (Fsp3) is 0. The second-order valence-electron chi connectivity index (χ2n) is 3.51. The van der Waals surface area contributed by atoms with E-state index in [0.29, 0.717) is 0 Å². The van der Waals surface area contributed by atoms with E-state index in [9.17, 15) is 0 Å². The maximum Gasteiger partial charge on any atom is 0.148 e. The number of fused-ring (bicyclic) bond motifs is 3. The second-order valence-corrected chi connectivity index (χ2v) is 6.02. The molecule has 0 aliphatic heterocycles. The van der Waals surface area contributed by atoms with Crippen LogP contribution < -0.4 is 0 Å². The highest BCUT2D eigenvalue weighted by Gasteiger charge is 2.10. The molecule has 3 aromatic rings. The molecule has 16 heavy (non-hydrogen) atoms. The lowest BCUT2D eigenvalue weighted by molar-refractivity contribution is 0.666. The summed E-state index contributed by atoms with van der Waals surface area (Å²) in [6.07, 6.45) is 0. The summed E-state index contributed by atoms with van der Waals surface area (Å²) < 4.78 is 7.88. The number of furan rings is 1. The Bertz CT molecular complexity index is 705. The maximum atomic E-state index is 6.06. The van der Waals surface area contributed by atoms with Crippen molar-refractivity contribution in [3.8, 4) is 0 Å². The van der Waals surface area contributed by atoms with Gasteiger partial charge in [-0.3, -0.25) is 0 Å². The van der Waals surface area contributed by atoms with Gasteiger partial charge in [-0.1, -0.05) is 27.5 Å². The third kappa shape index (κ3) is 1.65. The van der Waals surface area contributed by atoms with Gasteiger partial charge < -0.3 is 4.42 Å². The molecule has 0 unspecified atom stereocenters. The van der Waals surface area contributed by atoms with Crippen LogP contribution in [0, 0.1) is 3.57 Å². The van der Waals surface area contributed by atoms with Crippen LogP contribution in [0.4, 0.5) is 0 Å². The van der Waals surface area contributed by atoms with Crippen LogP contribution in [0.5, 0.6) is 0 Å². The Balaban J connectivity index is 2.57. The molecule has 3 rings (SSSR count). The van der Waals surface area contributed by atoms with Crippen LogP contribution in [0.3, 0.4) is 0 Å². The van der Waals surface area contributed by atoms with Crippen LogP contribution in [0.1, 0.15) is 0 Å². The molecular weight excluding hydrogens is 402 g/mol. The molecule has 0 radical (unpaired) electrons. The number of hydrogen-bond acceptors (Lipinski definition) is 1. The summed E-state index contributed by atoms with van der Waals surface area (Å²) in [5, 5.41) is 2.89. The van der Waals surface area contributed by atoms with Gasteiger partial charge in [0.25, 0.3) is 0 Å². The van der Waals surface area contributed by atoms with Crippen LogP contribution in [-0.4, -0.2) is 0 Å². The van der Waals surface area contributed by atoms with E-state index in [0.717, 1.165) is 35.0 Å². The van der Waals surface area contributed by atoms with Gasteiger partial charge in [-0.15, -0.1) is 0 Å². The molecule has 80 valence electrons. The van der Waals surface area contributed by atoms with Crippen LogP contribution in [0.25, 0.3) is 21.9 Å². The fourth-order valence-corrected chi connectivity index (χ4v) is 3.28. The van der Waals surface area contributed by atoms with Crippen molar-refractivity contribution in [1.29, 1.82) is 0 Å². The van der Waals surface area contributed by atoms with Gasteiger partial charge in [0.05, 0.1) is 3.57 Å². The predicted molar refractivity (Wildman–Crippen MR) is 79.1 cm³/mol. The molecule has 0 spiro atoms. The highest BCUT2D eigenvalue weighted by molar-refractivity contribution is 14.1. The molecule has 0 fully saturated rings. The second kappa shape index (κ2) is 3.89. The van der Waals surface area contributed by atoms with E-state index in [4.69, 9.17) is 16.0 Å². The van der Waals surface area contributed by atoms with Crippen molar-refractivity contribution in [1.82, 2.24) is 0 Å². The number of hydrogen-bond donors (Lipinski definition) is 0. The quantitative estimate of drug-likeness (QED) is 0.442. The molecule has 0 saturated carbocycles. The van der Waals surface area contributed by atoms with Crippen molar-refractivity contribution >= 4 is 72.1 Å². The largest absolute Gasteiger partial charge is 0.455 e. The zero-order valence-corrected chi connectivity index (χ0v) is 12.4. The monoisotopic (exact) mass is 406 g/mol. The summed E-state index contributed by atoms with van der Waals surface area (Å²) in [7, 11) is 0. The molecule has 0 saturated heterocycles. The lowest BCUT2D eigenvalue weighted by Gasteiger charge is -1.94. The smallest absolute Gasteiger partial charge is 0.148 e. The van der Waals surface area contributed by atoms with Gasteiger partial charge in [-0.05, 0) is 52.9 Å². The first-order valence-corrected chi connectivity index (χ1v) is 6.87. The third-order valence-corrected chi connectivity index (χ3v) is 3.96. The lowest BCUT2D eigenvalue weighted by atomic mass is 10.1. The molecule has 0 N–H and O–H groups in total. The summed E-state index contributed by atoms with van der Waals surface area (Å²) in [4.78, 5) is 0. The van der Waals surface area contributed by atoms with Gasteiger partial charge in [0.2, 0.25) is 0 Å². The van der Waals surface area contributed by atoms with E-state index in [2.05, 4.69) is 38.5 Å². The van der Waals surface area contributed by atoms with Gasteiger partial charge in [0, 0.05) is 20.3 Å². The molecule has 0 atom stereocenters. The van der Waals surface area contributed by atoms with Crippen LogP contribution >= 0.6 is 50.1 Å². The van der Waals surface area contributed by atoms with Crippen LogP contribution in [0.2, 0.25) is 5.02 Å². The predicted octanol–water partition coefficient (Wildman–Crippen LogP) is 5.61. The molecule has 0 amide bonds. The van der Waals surface area contributed by atoms with Gasteiger partial charge in [-0.25, -0.2) is 0 Å². The lowest BCUT2D eigenvalue weighted by Crippen LogP contribution is -1.73. The molecular formula is C12H5BrClIO. The minimum Gasteiger partial charge on any atom is -0.455 e. The maximum absolute atomic E-state index is 6.06. The Morgan fingerprint density at radius 2 is 1.94 bits per heavy atom. The van der Waals surface area contributed by atoms with Crippen molar-refractivity contribution in [3.05, 3.63) is 43.4 Å². The Morgan fingerprint density at radius 3 is 2.75 bits per heavy atom. The molecule has 1 heterocycles. The Morgan fingerprint density at radius 1 is 1.12 bits per heavy atom. The molecule has 0 bridgehead atoms. The first-order valence-electron chi connectivity index (χ1n) is 4.62. The number of rotatable bonds is 0. The van der Waals surface area contributed by atoms with E-state index >= 15 is 0 Å². The first kappa shape index (κ1) is 10.9. The summed E-state index contributed by atoms with van der Waals surface area (Å²) in [5.74, 6) is 0. The van der Waals surface area contributed by atoms with Crippen molar-refractivity contribution in [2.24, 2.45) is 0 Å². The van der Waals surface area contributed by atoms with Gasteiger partial charge in [-0.2, -0.15) is 0 Å². The fourth-order valence-electron chi connectivity index (χ4n) is 1.78. The van der Waals surface area contributed by atoms with Crippen molar-refractivity contribution in [2.45, 2.75) is 0 Å². The van der Waals surface area contributed by atoms with E-state index < -0.39 is 0 Å². The van der Waals surface area contributed by atoms with E-state index in [-0.39, 0.29) is 0 Å². The van der Waals surface area contributed by atoms with Crippen LogP contribution in [-0.2, 0) is 0 Å². The summed E-state index contributed by atoms with van der Waals surface area (Å²) in [6.45, 7) is 0. The highest BCUT2D eigenvalue weighted by Crippen LogP contribution is 2.35. The normalized spacial score (nSPS) is 11.4. The average molecular weight is 407 g/mol. The summed E-state index contributed by atoms with van der Waals surface area (Å²) in [6, 6.07) is 9.83. The van der Waals surface area contributed by atoms with Gasteiger partial charge >= 0.3 is 0 Å². The molecule has 0 aliphatic rings. The SMILES string of the molecule is Clc1cc(I)c2oc3ccc(Br)cc3c2c1. The van der Waals surface area contributed by atoms with Crippen molar-refractivity contribution < 1.29 is 4.42 Å². The number of halogens is 3. The number of benzene rings is 2. The summed E-state index contributed by atoms with van der Waals surface area (Å²) in [5.41, 5.74) is 1.79. The zero-order chi connectivity index (χ0) is 11.3. The van der Waals surface area contributed by atoms with Gasteiger partial charge in [0.1, 0.15) is 11.2 Å². The molecule has 4 heteroatoms. The topological polar surface area (TPSA) is 13.1 Å². The average Bonchev–Trinajstić information content (AvgIpc) is 2.57. The summed E-state index contributed by atoms with van der Waals surface area (Å²) >= 11 is 11.8. The van der Waals surface area contributed by atoms with Crippen LogP contribution in [0.15, 0.2) is 39.2 Å². The van der Waals surface area contributed by atoms with E-state index in [1.807, 2.05) is 30.3 Å². The highest BCUT2D eigenvalue weighted by atomic mass is 127. The Hall–Kier alpha value is -0.260. The molecule has 2 aromatic carbocycles. The minimum absolute atomic E-state index is 0.736. The Labute approximate surface area is 119 Å². The molecule has 0 aliphatic carbocycles. The van der Waals surface area contributed by atoms with Crippen molar-refractivity contribution in [3.63, 3.8) is 0 Å². The Kier molecular flexibility index (Phi) is 2.64. The molecule has 1 aromatic heterocycles. The minimum atomic E-state index is 0.736. The van der Waals surface area contributed by atoms with Crippen molar-refractivity contribution in [2.75, 3.05) is 0 Å². The first-order chi connectivity index (χ1) is 7.65. The standard InChI is InChI=1S/C12H5BrClIO/c13-6-1-2-11-8(3-6)9-4-7(14)5-10(15)12(9)16-11/h1-5H. The van der Waals surface area contributed by atoms with E-state index in [1.54, 1.807) is 0 Å². The zero-order valence-electron chi connectivity index (χ0n) is 7.93. The molecule has 1 nitrogen and oxygen atoms in total. The third-order valence-electron chi connectivity index (χ3n) is 2.45. The van der Waals surface area contributed by atoms with Gasteiger partial charge in [0.15, 0.2) is 0 Å².